The molecule has 0 aliphatic rings. The zero-order valence-corrected chi connectivity index (χ0v) is 20.6. The molecule has 0 spiro atoms. The minimum Gasteiger partial charge on any atom is -0.496 e. The highest BCUT2D eigenvalue weighted by molar-refractivity contribution is 9.10. The van der Waals surface area contributed by atoms with E-state index in [1.807, 2.05) is 24.3 Å². The van der Waals surface area contributed by atoms with Crippen molar-refractivity contribution in [2.24, 2.45) is 0 Å². The normalized spacial score (nSPS) is 11.4. The third-order valence-electron chi connectivity index (χ3n) is 4.95. The average molecular weight is 507 g/mol. The molecule has 0 aliphatic carbocycles. The van der Waals surface area contributed by atoms with Crippen LogP contribution in [-0.2, 0) is 16.1 Å². The lowest BCUT2D eigenvalue weighted by Crippen LogP contribution is -2.49. The van der Waals surface area contributed by atoms with Gasteiger partial charge in [-0.05, 0) is 31.0 Å². The number of hydrogen-bond acceptors (Lipinski definition) is 5. The van der Waals surface area contributed by atoms with Crippen molar-refractivity contribution in [2.45, 2.75) is 39.3 Å². The highest BCUT2D eigenvalue weighted by atomic mass is 79.9. The second kappa shape index (κ2) is 13.0. The number of benzene rings is 2. The summed E-state index contributed by atoms with van der Waals surface area (Å²) in [7, 11) is 3.09. The summed E-state index contributed by atoms with van der Waals surface area (Å²) in [6.45, 7) is 4.44. The Labute approximate surface area is 198 Å². The van der Waals surface area contributed by atoms with Crippen molar-refractivity contribution in [3.8, 4) is 17.2 Å². The molecule has 2 rings (SSSR count). The Morgan fingerprint density at radius 1 is 1.03 bits per heavy atom. The van der Waals surface area contributed by atoms with Gasteiger partial charge in [-0.3, -0.25) is 9.59 Å². The maximum Gasteiger partial charge on any atom is 0.261 e. The van der Waals surface area contributed by atoms with Gasteiger partial charge in [0.15, 0.2) is 6.61 Å². The molecule has 174 valence electrons. The van der Waals surface area contributed by atoms with Gasteiger partial charge in [-0.15, -0.1) is 0 Å². The van der Waals surface area contributed by atoms with Gasteiger partial charge >= 0.3 is 0 Å². The minimum absolute atomic E-state index is 0.188. The topological polar surface area (TPSA) is 77.1 Å². The molecule has 2 amide bonds. The van der Waals surface area contributed by atoms with E-state index in [-0.39, 0.29) is 18.4 Å². The first-order valence-electron chi connectivity index (χ1n) is 10.6. The molecule has 2 aromatic rings. The molecule has 0 aliphatic heterocycles. The molecule has 0 fully saturated rings. The second-order valence-corrected chi connectivity index (χ2v) is 8.22. The van der Waals surface area contributed by atoms with Crippen molar-refractivity contribution in [3.05, 3.63) is 52.5 Å². The van der Waals surface area contributed by atoms with E-state index in [0.29, 0.717) is 30.3 Å². The Morgan fingerprint density at radius 3 is 2.19 bits per heavy atom. The molecule has 32 heavy (non-hydrogen) atoms. The number of nitrogens with zero attached hydrogens (tertiary/aromatic N) is 1. The van der Waals surface area contributed by atoms with Gasteiger partial charge in [0.05, 0.1) is 14.2 Å². The van der Waals surface area contributed by atoms with E-state index >= 15 is 0 Å². The molecule has 1 N–H and O–H groups in total. The second-order valence-electron chi connectivity index (χ2n) is 7.31. The Bertz CT molecular complexity index is 866. The summed E-state index contributed by atoms with van der Waals surface area (Å²) in [5.41, 5.74) is 0.915. The predicted molar refractivity (Wildman–Crippen MR) is 127 cm³/mol. The van der Waals surface area contributed by atoms with Gasteiger partial charge in [-0.25, -0.2) is 0 Å². The number of hydrogen-bond donors (Lipinski definition) is 1. The number of methoxy groups -OCH3 is 2. The number of amides is 2. The lowest BCUT2D eigenvalue weighted by molar-refractivity contribution is -0.142. The molecule has 0 saturated heterocycles. The zero-order chi connectivity index (χ0) is 23.5. The van der Waals surface area contributed by atoms with E-state index < -0.39 is 6.04 Å². The van der Waals surface area contributed by atoms with E-state index in [2.05, 4.69) is 28.2 Å². The summed E-state index contributed by atoms with van der Waals surface area (Å²) in [5, 5.41) is 2.90. The highest BCUT2D eigenvalue weighted by Gasteiger charge is 2.26. The first-order valence-corrected chi connectivity index (χ1v) is 11.3. The molecule has 0 heterocycles. The summed E-state index contributed by atoms with van der Waals surface area (Å²) in [5.74, 6) is 1.07. The van der Waals surface area contributed by atoms with Crippen LogP contribution in [-0.4, -0.2) is 50.1 Å². The third kappa shape index (κ3) is 7.75. The van der Waals surface area contributed by atoms with Crippen LogP contribution in [0.25, 0.3) is 0 Å². The van der Waals surface area contributed by atoms with Crippen LogP contribution in [0.5, 0.6) is 17.2 Å². The van der Waals surface area contributed by atoms with Gasteiger partial charge < -0.3 is 24.4 Å². The summed E-state index contributed by atoms with van der Waals surface area (Å²) in [6, 6.07) is 12.1. The van der Waals surface area contributed by atoms with Crippen molar-refractivity contribution in [1.82, 2.24) is 10.2 Å². The van der Waals surface area contributed by atoms with Crippen LogP contribution in [0.4, 0.5) is 0 Å². The molecule has 0 bridgehead atoms. The van der Waals surface area contributed by atoms with Crippen molar-refractivity contribution < 1.29 is 23.8 Å². The number of ether oxygens (including phenoxy) is 3. The number of unbranched alkanes of at least 4 members (excludes halogenated alkanes) is 1. The predicted octanol–water partition coefficient (Wildman–Crippen LogP) is 4.18. The minimum atomic E-state index is -0.647. The van der Waals surface area contributed by atoms with Crippen LogP contribution in [0.3, 0.4) is 0 Å². The van der Waals surface area contributed by atoms with Crippen molar-refractivity contribution in [2.75, 3.05) is 27.4 Å². The van der Waals surface area contributed by atoms with Crippen LogP contribution in [0.15, 0.2) is 46.9 Å². The van der Waals surface area contributed by atoms with Crippen LogP contribution in [0.2, 0.25) is 0 Å². The van der Waals surface area contributed by atoms with Gasteiger partial charge in [0.25, 0.3) is 5.91 Å². The number of halogens is 1. The van der Waals surface area contributed by atoms with Gasteiger partial charge in [0.2, 0.25) is 5.91 Å². The molecule has 7 nitrogen and oxygen atoms in total. The van der Waals surface area contributed by atoms with E-state index in [1.54, 1.807) is 39.3 Å². The fourth-order valence-electron chi connectivity index (χ4n) is 3.00. The summed E-state index contributed by atoms with van der Waals surface area (Å²) < 4.78 is 17.2. The van der Waals surface area contributed by atoms with Crippen LogP contribution in [0.1, 0.15) is 32.3 Å². The highest BCUT2D eigenvalue weighted by Crippen LogP contribution is 2.27. The van der Waals surface area contributed by atoms with Gasteiger partial charge in [-0.1, -0.05) is 41.4 Å². The molecular weight excluding hydrogens is 476 g/mol. The average Bonchev–Trinajstić information content (AvgIpc) is 2.81. The summed E-state index contributed by atoms with van der Waals surface area (Å²) >= 11 is 3.42. The lowest BCUT2D eigenvalue weighted by Gasteiger charge is -2.29. The molecule has 0 aromatic heterocycles. The van der Waals surface area contributed by atoms with E-state index in [4.69, 9.17) is 14.2 Å². The summed E-state index contributed by atoms with van der Waals surface area (Å²) in [6.07, 6.45) is 1.87. The fraction of sp³-hybridized carbons (Fsp3) is 0.417. The van der Waals surface area contributed by atoms with Crippen molar-refractivity contribution >= 4 is 27.7 Å². The first-order chi connectivity index (χ1) is 15.4. The van der Waals surface area contributed by atoms with Crippen molar-refractivity contribution in [1.29, 1.82) is 0 Å². The molecule has 0 radical (unpaired) electrons. The Hall–Kier alpha value is -2.74. The zero-order valence-electron chi connectivity index (χ0n) is 19.0. The number of rotatable bonds is 12. The number of nitrogens with one attached hydrogen (secondary N) is 1. The Kier molecular flexibility index (Phi) is 10.3. The smallest absolute Gasteiger partial charge is 0.261 e. The largest absolute Gasteiger partial charge is 0.496 e. The van der Waals surface area contributed by atoms with Gasteiger partial charge in [0.1, 0.15) is 23.3 Å². The Morgan fingerprint density at radius 2 is 1.62 bits per heavy atom. The molecule has 1 atom stereocenters. The van der Waals surface area contributed by atoms with Crippen LogP contribution in [0, 0.1) is 0 Å². The van der Waals surface area contributed by atoms with E-state index in [1.165, 1.54) is 4.90 Å². The van der Waals surface area contributed by atoms with Crippen LogP contribution < -0.4 is 19.5 Å². The number of carbonyl (C=O) groups is 2. The quantitative estimate of drug-likeness (QED) is 0.437. The first kappa shape index (κ1) is 25.5. The molecule has 2 aromatic carbocycles. The maximum absolute atomic E-state index is 13.1. The number of carbonyl (C=O) groups excluding carboxylic acids is 2. The maximum atomic E-state index is 13.1. The molecular formula is C24H31BrN2O5. The molecule has 0 unspecified atom stereocenters. The van der Waals surface area contributed by atoms with Crippen LogP contribution >= 0.6 is 15.9 Å². The van der Waals surface area contributed by atoms with Gasteiger partial charge in [0, 0.05) is 35.8 Å². The van der Waals surface area contributed by atoms with E-state index in [9.17, 15) is 9.59 Å². The lowest BCUT2D eigenvalue weighted by atomic mass is 10.1. The van der Waals surface area contributed by atoms with Crippen molar-refractivity contribution in [3.63, 3.8) is 0 Å². The van der Waals surface area contributed by atoms with Gasteiger partial charge in [-0.2, -0.15) is 0 Å². The molecule has 8 heteroatoms. The fourth-order valence-corrected chi connectivity index (χ4v) is 3.26. The molecule has 0 saturated carbocycles. The standard InChI is InChI=1S/C24H31BrN2O5/c1-5-6-11-26-24(29)17(2)27(15-18-7-9-19(25)10-8-18)23(28)16-32-22-13-20(30-3)12-21(14-22)31-4/h7-10,12-14,17H,5-6,11,15-16H2,1-4H3,(H,26,29)/t17-/m1/s1. The third-order valence-corrected chi connectivity index (χ3v) is 5.48. The monoisotopic (exact) mass is 506 g/mol. The Balaban J connectivity index is 2.15. The summed E-state index contributed by atoms with van der Waals surface area (Å²) in [4.78, 5) is 27.3. The van der Waals surface area contributed by atoms with E-state index in [0.717, 1.165) is 22.9 Å². The SMILES string of the molecule is CCCCNC(=O)[C@@H](C)N(Cc1ccc(Br)cc1)C(=O)COc1cc(OC)cc(OC)c1.